The molecule has 0 aliphatic heterocycles. The summed E-state index contributed by atoms with van der Waals surface area (Å²) < 4.78 is 8.09. The minimum atomic E-state index is -0.909. The molecule has 1 aromatic carbocycles. The molecule has 26 heavy (non-hydrogen) atoms. The summed E-state index contributed by atoms with van der Waals surface area (Å²) in [6.07, 6.45) is 1.62. The Bertz CT molecular complexity index is 898. The van der Waals surface area contributed by atoms with Gasteiger partial charge in [-0.15, -0.1) is 11.3 Å². The van der Waals surface area contributed by atoms with Crippen LogP contribution in [0.25, 0.3) is 10.1 Å². The van der Waals surface area contributed by atoms with Gasteiger partial charge in [0, 0.05) is 10.8 Å². The van der Waals surface area contributed by atoms with Crippen LogP contribution in [0.4, 0.5) is 5.82 Å². The Morgan fingerprint density at radius 3 is 2.77 bits per heavy atom. The molecule has 0 radical (unpaired) electrons. The smallest absolute Gasteiger partial charge is 0.349 e. The van der Waals surface area contributed by atoms with Crippen LogP contribution in [0, 0.1) is 0 Å². The van der Waals surface area contributed by atoms with E-state index in [0.29, 0.717) is 10.7 Å². The fourth-order valence-corrected chi connectivity index (χ4v) is 3.47. The van der Waals surface area contributed by atoms with Crippen molar-refractivity contribution < 1.29 is 14.3 Å². The summed E-state index contributed by atoms with van der Waals surface area (Å²) in [4.78, 5) is 25.2. The Hall–Kier alpha value is -2.67. The summed E-state index contributed by atoms with van der Waals surface area (Å²) in [5.41, 5.74) is 0. The maximum Gasteiger partial charge on any atom is 0.349 e. The Labute approximate surface area is 155 Å². The molecule has 6 nitrogen and oxygen atoms in total. The van der Waals surface area contributed by atoms with E-state index in [1.807, 2.05) is 38.1 Å². The first kappa shape index (κ1) is 18.1. The summed E-state index contributed by atoms with van der Waals surface area (Å²) in [7, 11) is 0. The van der Waals surface area contributed by atoms with Crippen molar-refractivity contribution in [3.63, 3.8) is 0 Å². The quantitative estimate of drug-likeness (QED) is 0.657. The van der Waals surface area contributed by atoms with E-state index in [1.54, 1.807) is 29.9 Å². The first-order valence-electron chi connectivity index (χ1n) is 8.53. The maximum atomic E-state index is 12.4. The molecule has 3 aromatic rings. The lowest BCUT2D eigenvalue weighted by Crippen LogP contribution is -2.31. The molecule has 0 fully saturated rings. The van der Waals surface area contributed by atoms with Crippen LogP contribution >= 0.6 is 11.3 Å². The van der Waals surface area contributed by atoms with Gasteiger partial charge in [0.05, 0.1) is 12.2 Å². The van der Waals surface area contributed by atoms with Crippen LogP contribution in [0.5, 0.6) is 0 Å². The minimum Gasteiger partial charge on any atom is -0.448 e. The van der Waals surface area contributed by atoms with Gasteiger partial charge in [0.1, 0.15) is 10.7 Å². The average molecular weight is 371 g/mol. The largest absolute Gasteiger partial charge is 0.448 e. The van der Waals surface area contributed by atoms with Gasteiger partial charge in [-0.25, -0.2) is 9.48 Å². The first-order chi connectivity index (χ1) is 12.5. The lowest BCUT2D eigenvalue weighted by Gasteiger charge is -2.16. The number of hydrogen-bond acceptors (Lipinski definition) is 5. The summed E-state index contributed by atoms with van der Waals surface area (Å²) in [6.45, 7) is 5.63. The second-order valence-corrected chi connectivity index (χ2v) is 7.19. The molecule has 2 heterocycles. The summed E-state index contributed by atoms with van der Waals surface area (Å²) in [5.74, 6) is -0.289. The fourth-order valence-electron chi connectivity index (χ4n) is 2.52. The number of nitrogens with zero attached hydrogens (tertiary/aromatic N) is 2. The van der Waals surface area contributed by atoms with Gasteiger partial charge in [0.2, 0.25) is 0 Å². The van der Waals surface area contributed by atoms with Crippen LogP contribution in [0.3, 0.4) is 0 Å². The van der Waals surface area contributed by atoms with Gasteiger partial charge >= 0.3 is 5.97 Å². The number of benzene rings is 1. The lowest BCUT2D eigenvalue weighted by atomic mass is 10.2. The van der Waals surface area contributed by atoms with Crippen molar-refractivity contribution in [3.8, 4) is 0 Å². The summed E-state index contributed by atoms with van der Waals surface area (Å²) in [6, 6.07) is 11.4. The van der Waals surface area contributed by atoms with Crippen LogP contribution in [-0.4, -0.2) is 27.8 Å². The molecule has 0 unspecified atom stereocenters. The molecule has 1 N–H and O–H groups in total. The number of thiophene rings is 1. The molecule has 7 heteroatoms. The van der Waals surface area contributed by atoms with Gasteiger partial charge in [-0.05, 0) is 37.8 Å². The second kappa shape index (κ2) is 7.70. The highest BCUT2D eigenvalue weighted by atomic mass is 32.1. The highest BCUT2D eigenvalue weighted by Gasteiger charge is 2.22. The number of carbonyl (C=O) groups excluding carboxylic acids is 2. The fraction of sp³-hybridized carbons (Fsp3) is 0.316. The Balaban J connectivity index is 1.65. The second-order valence-electron chi connectivity index (χ2n) is 6.10. The van der Waals surface area contributed by atoms with E-state index >= 15 is 0 Å². The van der Waals surface area contributed by atoms with Crippen molar-refractivity contribution in [1.29, 1.82) is 0 Å². The standard InChI is InChI=1S/C19H21N3O3S/c1-4-12(2)22-17(9-10-20-22)21-18(23)13(3)25-19(24)16-11-14-7-5-6-8-15(14)26-16/h5-13H,4H2,1-3H3,(H,21,23)/t12-,13-/m0/s1. The molecule has 0 bridgehead atoms. The molecule has 1 amide bonds. The summed E-state index contributed by atoms with van der Waals surface area (Å²) in [5, 5.41) is 7.99. The van der Waals surface area contributed by atoms with Crippen LogP contribution < -0.4 is 5.32 Å². The number of carbonyl (C=O) groups is 2. The van der Waals surface area contributed by atoms with Gasteiger partial charge in [-0.3, -0.25) is 4.79 Å². The van der Waals surface area contributed by atoms with Crippen molar-refractivity contribution in [3.05, 3.63) is 47.5 Å². The number of hydrogen-bond donors (Lipinski definition) is 1. The van der Waals surface area contributed by atoms with E-state index in [1.165, 1.54) is 11.3 Å². The third kappa shape index (κ3) is 3.77. The van der Waals surface area contributed by atoms with E-state index in [2.05, 4.69) is 10.4 Å². The Kier molecular flexibility index (Phi) is 5.37. The first-order valence-corrected chi connectivity index (χ1v) is 9.35. The minimum absolute atomic E-state index is 0.164. The number of aromatic nitrogens is 2. The van der Waals surface area contributed by atoms with Crippen LogP contribution in [0.15, 0.2) is 42.6 Å². The SMILES string of the molecule is CC[C@H](C)n1nccc1NC(=O)[C@H](C)OC(=O)c1cc2ccccc2s1. The van der Waals surface area contributed by atoms with E-state index in [-0.39, 0.29) is 11.9 Å². The van der Waals surface area contributed by atoms with Gasteiger partial charge in [0.25, 0.3) is 5.91 Å². The Morgan fingerprint density at radius 1 is 1.27 bits per heavy atom. The summed E-state index contributed by atoms with van der Waals surface area (Å²) >= 11 is 1.35. The molecule has 0 aliphatic carbocycles. The zero-order valence-electron chi connectivity index (χ0n) is 14.9. The number of anilines is 1. The van der Waals surface area contributed by atoms with Crippen molar-refractivity contribution in [2.24, 2.45) is 0 Å². The van der Waals surface area contributed by atoms with E-state index < -0.39 is 12.1 Å². The number of ether oxygens (including phenoxy) is 1. The number of amides is 1. The van der Waals surface area contributed by atoms with Gasteiger partial charge in [-0.1, -0.05) is 25.1 Å². The number of rotatable bonds is 6. The predicted octanol–water partition coefficient (Wildman–Crippen LogP) is 4.25. The average Bonchev–Trinajstić information content (AvgIpc) is 3.27. The molecule has 0 spiro atoms. The van der Waals surface area contributed by atoms with Gasteiger partial charge in [0.15, 0.2) is 6.10 Å². The molecule has 2 atom stereocenters. The van der Waals surface area contributed by atoms with Crippen molar-refractivity contribution in [2.75, 3.05) is 5.32 Å². The van der Waals surface area contributed by atoms with Crippen molar-refractivity contribution >= 4 is 39.1 Å². The molecular formula is C19H21N3O3S. The van der Waals surface area contributed by atoms with E-state index in [9.17, 15) is 9.59 Å². The van der Waals surface area contributed by atoms with E-state index in [0.717, 1.165) is 16.5 Å². The highest BCUT2D eigenvalue weighted by Crippen LogP contribution is 2.26. The van der Waals surface area contributed by atoms with Gasteiger partial charge < -0.3 is 10.1 Å². The third-order valence-corrected chi connectivity index (χ3v) is 5.31. The molecule has 2 aromatic heterocycles. The number of nitrogens with one attached hydrogen (secondary N) is 1. The molecular weight excluding hydrogens is 350 g/mol. The van der Waals surface area contributed by atoms with E-state index in [4.69, 9.17) is 4.74 Å². The number of fused-ring (bicyclic) bond motifs is 1. The zero-order chi connectivity index (χ0) is 18.7. The molecule has 0 saturated carbocycles. The van der Waals surface area contributed by atoms with Crippen LogP contribution in [0.1, 0.15) is 42.9 Å². The topological polar surface area (TPSA) is 73.2 Å². The van der Waals surface area contributed by atoms with Crippen molar-refractivity contribution in [1.82, 2.24) is 9.78 Å². The van der Waals surface area contributed by atoms with Crippen LogP contribution in [0.2, 0.25) is 0 Å². The maximum absolute atomic E-state index is 12.4. The Morgan fingerprint density at radius 2 is 2.04 bits per heavy atom. The molecule has 136 valence electrons. The monoisotopic (exact) mass is 371 g/mol. The zero-order valence-corrected chi connectivity index (χ0v) is 15.7. The number of esters is 1. The highest BCUT2D eigenvalue weighted by molar-refractivity contribution is 7.20. The molecule has 3 rings (SSSR count). The normalized spacial score (nSPS) is 13.3. The van der Waals surface area contributed by atoms with Gasteiger partial charge in [-0.2, -0.15) is 5.10 Å². The lowest BCUT2D eigenvalue weighted by molar-refractivity contribution is -0.123. The van der Waals surface area contributed by atoms with Crippen LogP contribution in [-0.2, 0) is 9.53 Å². The molecule has 0 saturated heterocycles. The van der Waals surface area contributed by atoms with Crippen molar-refractivity contribution in [2.45, 2.75) is 39.3 Å². The molecule has 0 aliphatic rings. The predicted molar refractivity (Wildman–Crippen MR) is 103 cm³/mol. The third-order valence-electron chi connectivity index (χ3n) is 4.21.